The van der Waals surface area contributed by atoms with Crippen molar-refractivity contribution >= 4 is 39.6 Å². The minimum atomic E-state index is 0.0512. The first-order valence-corrected chi connectivity index (χ1v) is 15.5. The number of benzene rings is 2. The number of ether oxygens (including phenoxy) is 1. The molecule has 2 saturated carbocycles. The van der Waals surface area contributed by atoms with Crippen LogP contribution in [-0.2, 0) is 13.6 Å². The molecule has 1 amide bonds. The summed E-state index contributed by atoms with van der Waals surface area (Å²) in [6.45, 7) is 3.97. The van der Waals surface area contributed by atoms with Crippen molar-refractivity contribution in [1.29, 1.82) is 0 Å². The Bertz CT molecular complexity index is 1940. The molecule has 5 aromatic rings. The van der Waals surface area contributed by atoms with Gasteiger partial charge in [0.25, 0.3) is 5.91 Å². The third-order valence-corrected chi connectivity index (χ3v) is 10.3. The molecule has 8 nitrogen and oxygen atoms in total. The number of amides is 1. The van der Waals surface area contributed by atoms with Crippen molar-refractivity contribution in [3.05, 3.63) is 59.1 Å². The van der Waals surface area contributed by atoms with E-state index in [1.54, 1.807) is 19.2 Å². The zero-order valence-electron chi connectivity index (χ0n) is 24.5. The summed E-state index contributed by atoms with van der Waals surface area (Å²) in [5, 5.41) is 11.2. The first-order chi connectivity index (χ1) is 20.8. The van der Waals surface area contributed by atoms with Gasteiger partial charge in [-0.25, -0.2) is 9.97 Å². The largest absolute Gasteiger partial charge is 0.506 e. The minimum absolute atomic E-state index is 0.0512. The van der Waals surface area contributed by atoms with Gasteiger partial charge in [-0.3, -0.25) is 4.79 Å². The lowest BCUT2D eigenvalue weighted by atomic mass is 10.0. The summed E-state index contributed by atoms with van der Waals surface area (Å²) < 4.78 is 10.2. The second kappa shape index (κ2) is 9.74. The van der Waals surface area contributed by atoms with Gasteiger partial charge in [0, 0.05) is 42.7 Å². The number of hydrogen-bond acceptors (Lipinski definition) is 5. The monoisotopic (exact) mass is 595 g/mol. The summed E-state index contributed by atoms with van der Waals surface area (Å²) in [6.07, 6.45) is 4.71. The van der Waals surface area contributed by atoms with Crippen LogP contribution >= 0.6 is 11.6 Å². The van der Waals surface area contributed by atoms with Gasteiger partial charge in [0.05, 0.1) is 29.0 Å². The fourth-order valence-electron chi connectivity index (χ4n) is 7.41. The van der Waals surface area contributed by atoms with E-state index >= 15 is 0 Å². The summed E-state index contributed by atoms with van der Waals surface area (Å²) in [4.78, 5) is 26.0. The third-order valence-electron chi connectivity index (χ3n) is 10.0. The molecule has 2 unspecified atom stereocenters. The predicted octanol–water partition coefficient (Wildman–Crippen LogP) is 6.91. The summed E-state index contributed by atoms with van der Waals surface area (Å²) in [5.41, 5.74) is 5.73. The lowest BCUT2D eigenvalue weighted by molar-refractivity contribution is 0.0696. The lowest BCUT2D eigenvalue weighted by Crippen LogP contribution is -2.38. The van der Waals surface area contributed by atoms with Crippen molar-refractivity contribution in [3.8, 4) is 34.3 Å². The molecule has 1 aliphatic heterocycles. The number of rotatable bonds is 6. The number of carbonyl (C=O) groups is 1. The highest BCUT2D eigenvalue weighted by Crippen LogP contribution is 2.44. The summed E-state index contributed by atoms with van der Waals surface area (Å²) in [7, 11) is 3.66. The van der Waals surface area contributed by atoms with E-state index in [4.69, 9.17) is 26.3 Å². The van der Waals surface area contributed by atoms with Crippen LogP contribution in [0.4, 0.5) is 0 Å². The van der Waals surface area contributed by atoms with Gasteiger partial charge in [-0.05, 0) is 92.0 Å². The Morgan fingerprint density at radius 3 is 2.60 bits per heavy atom. The van der Waals surface area contributed by atoms with Gasteiger partial charge in [0.1, 0.15) is 22.7 Å². The summed E-state index contributed by atoms with van der Waals surface area (Å²) in [5.74, 6) is 3.35. The standard InChI is InChI=1S/C34H34ClN5O3/c1-18-22-7-10-27(18)40(17-22)34(42)23-13-26-31(30(15-23)43-3)38(2)33(37-26)28-14-21-6-9-25(20-8-11-29(41)24(35)12-20)36-32(21)39(28)16-19-4-5-19/h6,8-9,11-15,18-19,22,27,41H,4-5,7,10,16-17H2,1-3H3/t18-,22?,27?/m1/s1. The SMILES string of the molecule is COc1cc(C(=O)N2CC3CCC2[C@@H]3C)cc2nc(-c3cc4ccc(-c5ccc(O)c(Cl)c5)nc4n3CC3CC3)n(C)c12. The number of aryl methyl sites for hydroxylation is 1. The quantitative estimate of drug-likeness (QED) is 0.231. The normalized spacial score (nSPS) is 21.4. The maximum atomic E-state index is 13.7. The van der Waals surface area contributed by atoms with Gasteiger partial charge in [-0.2, -0.15) is 0 Å². The van der Waals surface area contributed by atoms with Gasteiger partial charge < -0.3 is 23.9 Å². The molecule has 43 heavy (non-hydrogen) atoms. The fourth-order valence-corrected chi connectivity index (χ4v) is 7.59. The van der Waals surface area contributed by atoms with Crippen LogP contribution in [0.25, 0.3) is 44.8 Å². The van der Waals surface area contributed by atoms with Crippen LogP contribution in [0, 0.1) is 17.8 Å². The van der Waals surface area contributed by atoms with Crippen LogP contribution in [0.3, 0.4) is 0 Å². The molecule has 3 aliphatic rings. The second-order valence-corrected chi connectivity index (χ2v) is 13.0. The lowest BCUT2D eigenvalue weighted by Gasteiger charge is -2.27. The van der Waals surface area contributed by atoms with Gasteiger partial charge >= 0.3 is 0 Å². The van der Waals surface area contributed by atoms with Gasteiger partial charge in [0.2, 0.25) is 0 Å². The number of nitrogens with zero attached hydrogens (tertiary/aromatic N) is 5. The number of likely N-dealkylation sites (tertiary alicyclic amines) is 1. The number of phenolic OH excluding ortho intramolecular Hbond substituents is 1. The van der Waals surface area contributed by atoms with Crippen LogP contribution in [-0.4, -0.2) is 54.7 Å². The molecule has 3 aromatic heterocycles. The van der Waals surface area contributed by atoms with Crippen molar-refractivity contribution in [2.24, 2.45) is 24.8 Å². The molecule has 9 heteroatoms. The molecule has 2 aliphatic carbocycles. The van der Waals surface area contributed by atoms with Crippen LogP contribution in [0.2, 0.25) is 5.02 Å². The zero-order valence-corrected chi connectivity index (χ0v) is 25.3. The number of phenols is 1. The number of aromatic hydroxyl groups is 1. The fraction of sp³-hybridized carbons (Fsp3) is 0.382. The summed E-state index contributed by atoms with van der Waals surface area (Å²) in [6, 6.07) is 15.5. The number of imidazole rings is 1. The highest BCUT2D eigenvalue weighted by molar-refractivity contribution is 6.32. The molecule has 220 valence electrons. The molecule has 1 saturated heterocycles. The number of halogens is 1. The maximum Gasteiger partial charge on any atom is 0.254 e. The van der Waals surface area contributed by atoms with Crippen LogP contribution in [0.5, 0.6) is 11.5 Å². The molecule has 2 bridgehead atoms. The Morgan fingerprint density at radius 2 is 1.91 bits per heavy atom. The van der Waals surface area contributed by atoms with E-state index < -0.39 is 0 Å². The van der Waals surface area contributed by atoms with Crippen molar-refractivity contribution < 1.29 is 14.6 Å². The van der Waals surface area contributed by atoms with Crippen LogP contribution < -0.4 is 4.74 Å². The number of pyridine rings is 1. The number of piperidine rings is 1. The van der Waals surface area contributed by atoms with E-state index in [0.717, 1.165) is 64.4 Å². The first kappa shape index (κ1) is 26.6. The van der Waals surface area contributed by atoms with Crippen LogP contribution in [0.1, 0.15) is 43.0 Å². The van der Waals surface area contributed by atoms with Crippen molar-refractivity contribution in [2.45, 2.75) is 45.2 Å². The molecule has 8 rings (SSSR count). The molecular formula is C34H34ClN5O3. The first-order valence-electron chi connectivity index (χ1n) is 15.2. The topological polar surface area (TPSA) is 85.4 Å². The maximum absolute atomic E-state index is 13.7. The molecule has 3 atom stereocenters. The molecule has 0 radical (unpaired) electrons. The predicted molar refractivity (Wildman–Crippen MR) is 168 cm³/mol. The van der Waals surface area contributed by atoms with Crippen molar-refractivity contribution in [3.63, 3.8) is 0 Å². The Balaban J connectivity index is 1.24. The molecule has 3 fully saturated rings. The molecule has 1 N–H and O–H groups in total. The van der Waals surface area contributed by atoms with Gasteiger partial charge in [-0.1, -0.05) is 18.5 Å². The van der Waals surface area contributed by atoms with E-state index in [1.165, 1.54) is 19.3 Å². The Hall–Kier alpha value is -4.04. The third kappa shape index (κ3) is 4.21. The smallest absolute Gasteiger partial charge is 0.254 e. The van der Waals surface area contributed by atoms with E-state index in [9.17, 15) is 9.90 Å². The number of fused-ring (bicyclic) bond motifs is 4. The van der Waals surface area contributed by atoms with E-state index in [-0.39, 0.29) is 11.7 Å². The number of methoxy groups -OCH3 is 1. The average molecular weight is 596 g/mol. The Labute approximate surface area is 254 Å². The van der Waals surface area contributed by atoms with E-state index in [1.807, 2.05) is 31.3 Å². The van der Waals surface area contributed by atoms with E-state index in [0.29, 0.717) is 40.1 Å². The zero-order chi connectivity index (χ0) is 29.6. The number of aromatic nitrogens is 4. The van der Waals surface area contributed by atoms with Gasteiger partial charge in [-0.15, -0.1) is 0 Å². The van der Waals surface area contributed by atoms with Crippen molar-refractivity contribution in [1.82, 2.24) is 24.0 Å². The second-order valence-electron chi connectivity index (χ2n) is 12.6. The van der Waals surface area contributed by atoms with Gasteiger partial charge in [0.15, 0.2) is 5.82 Å². The Kier molecular flexibility index (Phi) is 6.02. The summed E-state index contributed by atoms with van der Waals surface area (Å²) >= 11 is 6.22. The molecular weight excluding hydrogens is 562 g/mol. The van der Waals surface area contributed by atoms with Crippen LogP contribution in [0.15, 0.2) is 48.5 Å². The molecule has 0 spiro atoms. The average Bonchev–Trinajstić information content (AvgIpc) is 3.42. The highest BCUT2D eigenvalue weighted by atomic mass is 35.5. The minimum Gasteiger partial charge on any atom is -0.506 e. The molecule has 2 aromatic carbocycles. The van der Waals surface area contributed by atoms with Crippen molar-refractivity contribution in [2.75, 3.05) is 13.7 Å². The number of hydrogen-bond donors (Lipinski definition) is 1. The highest BCUT2D eigenvalue weighted by Gasteiger charge is 2.46. The van der Waals surface area contributed by atoms with E-state index in [2.05, 4.69) is 33.1 Å². The molecule has 4 heterocycles. The number of carbonyl (C=O) groups excluding carboxylic acids is 1. The Morgan fingerprint density at radius 1 is 1.07 bits per heavy atom.